The summed E-state index contributed by atoms with van der Waals surface area (Å²) in [4.78, 5) is 15.2. The summed E-state index contributed by atoms with van der Waals surface area (Å²) in [6, 6.07) is 6.03. The zero-order chi connectivity index (χ0) is 17.2. The summed E-state index contributed by atoms with van der Waals surface area (Å²) in [5, 5.41) is 9.93. The summed E-state index contributed by atoms with van der Waals surface area (Å²) in [5.74, 6) is -1.18. The minimum atomic E-state index is -3.72. The third-order valence-electron chi connectivity index (χ3n) is 3.95. The standard InChI is InChI=1S/C16H20N2O4S/c1-4-11(3)18(5-2)23(21,22)14-8-6-7-13-12(14)9-10-17-15(13)16(19)20/h6-11H,4-5H2,1-3H3,(H,19,20). The van der Waals surface area contributed by atoms with Crippen molar-refractivity contribution in [3.63, 3.8) is 0 Å². The van der Waals surface area contributed by atoms with Gasteiger partial charge < -0.3 is 5.11 Å². The number of hydrogen-bond donors (Lipinski definition) is 1. The molecule has 0 aliphatic carbocycles. The predicted molar refractivity (Wildman–Crippen MR) is 88.0 cm³/mol. The second kappa shape index (κ2) is 6.64. The molecule has 0 aliphatic rings. The van der Waals surface area contributed by atoms with E-state index in [0.717, 1.165) is 0 Å². The minimum Gasteiger partial charge on any atom is -0.476 e. The van der Waals surface area contributed by atoms with Crippen molar-refractivity contribution in [3.8, 4) is 0 Å². The Balaban J connectivity index is 2.73. The lowest BCUT2D eigenvalue weighted by Crippen LogP contribution is -2.38. The van der Waals surface area contributed by atoms with Crippen LogP contribution in [0.15, 0.2) is 35.4 Å². The zero-order valence-corrected chi connectivity index (χ0v) is 14.2. The number of aromatic carboxylic acids is 1. The van der Waals surface area contributed by atoms with Crippen LogP contribution >= 0.6 is 0 Å². The maximum absolute atomic E-state index is 13.0. The summed E-state index contributed by atoms with van der Waals surface area (Å²) in [7, 11) is -3.72. The van der Waals surface area contributed by atoms with E-state index in [1.807, 2.05) is 13.8 Å². The SMILES string of the molecule is CCC(C)N(CC)S(=O)(=O)c1cccc2c(C(=O)O)nccc12. The molecule has 0 radical (unpaired) electrons. The predicted octanol–water partition coefficient (Wildman–Crippen LogP) is 2.74. The first-order valence-electron chi connectivity index (χ1n) is 7.47. The number of carboxylic acids is 1. The Bertz CT molecular complexity index is 833. The first-order valence-corrected chi connectivity index (χ1v) is 8.91. The zero-order valence-electron chi connectivity index (χ0n) is 13.4. The van der Waals surface area contributed by atoms with Crippen LogP contribution in [-0.4, -0.2) is 41.4 Å². The summed E-state index contributed by atoms with van der Waals surface area (Å²) in [5.41, 5.74) is -0.147. The van der Waals surface area contributed by atoms with Crippen molar-refractivity contribution in [3.05, 3.63) is 36.2 Å². The van der Waals surface area contributed by atoms with Gasteiger partial charge in [0.2, 0.25) is 10.0 Å². The Hall–Kier alpha value is -1.99. The molecule has 0 saturated carbocycles. The van der Waals surface area contributed by atoms with E-state index in [9.17, 15) is 18.3 Å². The van der Waals surface area contributed by atoms with Crippen LogP contribution in [0.2, 0.25) is 0 Å². The second-order valence-corrected chi connectivity index (χ2v) is 7.14. The lowest BCUT2D eigenvalue weighted by Gasteiger charge is -2.26. The molecule has 1 atom stereocenters. The van der Waals surface area contributed by atoms with Gasteiger partial charge in [0.15, 0.2) is 5.69 Å². The molecule has 1 N–H and O–H groups in total. The fraction of sp³-hybridized carbons (Fsp3) is 0.375. The van der Waals surface area contributed by atoms with Crippen molar-refractivity contribution in [2.24, 2.45) is 0 Å². The minimum absolute atomic E-state index is 0.113. The number of hydrogen-bond acceptors (Lipinski definition) is 4. The molecule has 1 heterocycles. The maximum Gasteiger partial charge on any atom is 0.355 e. The molecule has 0 amide bonds. The highest BCUT2D eigenvalue weighted by Gasteiger charge is 2.29. The molecule has 0 fully saturated rings. The molecule has 6 nitrogen and oxygen atoms in total. The Kier molecular flexibility index (Phi) is 5.01. The smallest absolute Gasteiger partial charge is 0.355 e. The molecule has 1 aromatic carbocycles. The van der Waals surface area contributed by atoms with Crippen LogP contribution in [-0.2, 0) is 10.0 Å². The van der Waals surface area contributed by atoms with Gasteiger partial charge in [0, 0.05) is 29.6 Å². The highest BCUT2D eigenvalue weighted by Crippen LogP contribution is 2.28. The van der Waals surface area contributed by atoms with E-state index in [1.54, 1.807) is 25.1 Å². The van der Waals surface area contributed by atoms with Crippen LogP contribution in [0.5, 0.6) is 0 Å². The van der Waals surface area contributed by atoms with Gasteiger partial charge in [-0.15, -0.1) is 0 Å². The van der Waals surface area contributed by atoms with Gasteiger partial charge in [-0.2, -0.15) is 4.31 Å². The number of rotatable bonds is 6. The third-order valence-corrected chi connectivity index (χ3v) is 6.10. The first-order chi connectivity index (χ1) is 10.8. The van der Waals surface area contributed by atoms with Crippen LogP contribution in [0.3, 0.4) is 0 Å². The molecule has 1 unspecified atom stereocenters. The molecule has 23 heavy (non-hydrogen) atoms. The van der Waals surface area contributed by atoms with Crippen molar-refractivity contribution in [1.29, 1.82) is 0 Å². The van der Waals surface area contributed by atoms with Gasteiger partial charge in [-0.05, 0) is 25.5 Å². The van der Waals surface area contributed by atoms with Gasteiger partial charge in [-0.25, -0.2) is 18.2 Å². The van der Waals surface area contributed by atoms with Crippen LogP contribution in [0, 0.1) is 0 Å². The van der Waals surface area contributed by atoms with Gasteiger partial charge in [0.25, 0.3) is 0 Å². The van der Waals surface area contributed by atoms with Crippen LogP contribution < -0.4 is 0 Å². The average molecular weight is 336 g/mol. The first kappa shape index (κ1) is 17.4. The van der Waals surface area contributed by atoms with Gasteiger partial charge in [0.05, 0.1) is 4.90 Å². The van der Waals surface area contributed by atoms with Crippen molar-refractivity contribution < 1.29 is 18.3 Å². The highest BCUT2D eigenvalue weighted by molar-refractivity contribution is 7.89. The van der Waals surface area contributed by atoms with E-state index in [4.69, 9.17) is 0 Å². The second-order valence-electron chi connectivity index (χ2n) is 5.28. The van der Waals surface area contributed by atoms with Gasteiger partial charge >= 0.3 is 5.97 Å². The molecule has 1 aromatic heterocycles. The number of sulfonamides is 1. The fourth-order valence-corrected chi connectivity index (χ4v) is 4.54. The van der Waals surface area contributed by atoms with Crippen LogP contribution in [0.4, 0.5) is 0 Å². The molecular formula is C16H20N2O4S. The number of carbonyl (C=O) groups is 1. The summed E-state index contributed by atoms with van der Waals surface area (Å²) in [6.07, 6.45) is 2.02. The fourth-order valence-electron chi connectivity index (χ4n) is 2.62. The largest absolute Gasteiger partial charge is 0.476 e. The Labute approximate surface area is 135 Å². The molecule has 124 valence electrons. The van der Waals surface area contributed by atoms with E-state index in [1.165, 1.54) is 16.6 Å². The lowest BCUT2D eigenvalue weighted by atomic mass is 10.1. The van der Waals surface area contributed by atoms with E-state index in [0.29, 0.717) is 23.7 Å². The number of carboxylic acid groups (broad SMARTS) is 1. The number of fused-ring (bicyclic) bond motifs is 1. The topological polar surface area (TPSA) is 87.6 Å². The molecule has 0 spiro atoms. The summed E-state index contributed by atoms with van der Waals surface area (Å²) in [6.45, 7) is 5.93. The maximum atomic E-state index is 13.0. The van der Waals surface area contributed by atoms with Crippen LogP contribution in [0.25, 0.3) is 10.8 Å². The molecule has 0 saturated heterocycles. The summed E-state index contributed by atoms with van der Waals surface area (Å²) < 4.78 is 27.5. The normalized spacial score (nSPS) is 13.4. The van der Waals surface area contributed by atoms with E-state index >= 15 is 0 Å². The Morgan fingerprint density at radius 1 is 1.26 bits per heavy atom. The molecule has 0 aliphatic heterocycles. The van der Waals surface area contributed by atoms with E-state index in [2.05, 4.69) is 4.98 Å². The van der Waals surface area contributed by atoms with Crippen molar-refractivity contribution in [1.82, 2.24) is 9.29 Å². The third kappa shape index (κ3) is 3.07. The molecule has 2 aromatic rings. The highest BCUT2D eigenvalue weighted by atomic mass is 32.2. The Morgan fingerprint density at radius 2 is 1.96 bits per heavy atom. The molecular weight excluding hydrogens is 316 g/mol. The average Bonchev–Trinajstić information content (AvgIpc) is 2.53. The molecule has 0 bridgehead atoms. The number of aromatic nitrogens is 1. The number of nitrogens with zero attached hydrogens (tertiary/aromatic N) is 2. The van der Waals surface area contributed by atoms with Gasteiger partial charge in [-0.3, -0.25) is 0 Å². The van der Waals surface area contributed by atoms with Gasteiger partial charge in [0.1, 0.15) is 0 Å². The van der Waals surface area contributed by atoms with Crippen molar-refractivity contribution in [2.45, 2.75) is 38.1 Å². The van der Waals surface area contributed by atoms with Crippen LogP contribution in [0.1, 0.15) is 37.7 Å². The number of pyridine rings is 1. The Morgan fingerprint density at radius 3 is 2.52 bits per heavy atom. The summed E-state index contributed by atoms with van der Waals surface area (Å²) >= 11 is 0. The molecule has 2 rings (SSSR count). The number of benzene rings is 1. The van der Waals surface area contributed by atoms with Crippen molar-refractivity contribution >= 4 is 26.8 Å². The van der Waals surface area contributed by atoms with Crippen molar-refractivity contribution in [2.75, 3.05) is 6.54 Å². The quantitative estimate of drug-likeness (QED) is 0.876. The lowest BCUT2D eigenvalue weighted by molar-refractivity contribution is 0.0693. The molecule has 7 heteroatoms. The van der Waals surface area contributed by atoms with E-state index < -0.39 is 16.0 Å². The van der Waals surface area contributed by atoms with E-state index in [-0.39, 0.29) is 16.6 Å². The monoisotopic (exact) mass is 336 g/mol. The van der Waals surface area contributed by atoms with Gasteiger partial charge in [-0.1, -0.05) is 26.0 Å².